The van der Waals surface area contributed by atoms with Crippen LogP contribution in [0.25, 0.3) is 0 Å². The normalized spacial score (nSPS) is 13.3. The minimum Gasteiger partial charge on any atom is -0.462 e. The molecule has 6 heteroatoms. The second kappa shape index (κ2) is 63.3. The summed E-state index contributed by atoms with van der Waals surface area (Å²) < 4.78 is 16.7. The molecule has 0 N–H and O–H groups in total. The first-order chi connectivity index (χ1) is 38.0. The summed E-state index contributed by atoms with van der Waals surface area (Å²) in [6.45, 7) is 6.16. The Morgan fingerprint density at radius 2 is 0.506 bits per heavy atom. The van der Waals surface area contributed by atoms with Crippen molar-refractivity contribution < 1.29 is 28.6 Å². The lowest BCUT2D eigenvalue weighted by Gasteiger charge is -2.18. The molecule has 0 saturated heterocycles. The van der Waals surface area contributed by atoms with E-state index in [0.717, 1.165) is 116 Å². The van der Waals surface area contributed by atoms with E-state index < -0.39 is 12.1 Å². The summed E-state index contributed by atoms with van der Waals surface area (Å²) in [5, 5.41) is 0. The molecule has 0 aromatic heterocycles. The lowest BCUT2D eigenvalue weighted by Crippen LogP contribution is -2.30. The van der Waals surface area contributed by atoms with Gasteiger partial charge in [0.25, 0.3) is 0 Å². The van der Waals surface area contributed by atoms with Crippen molar-refractivity contribution in [1.82, 2.24) is 0 Å². The molecular formula is C71H110O6. The largest absolute Gasteiger partial charge is 0.462 e. The van der Waals surface area contributed by atoms with E-state index in [2.05, 4.69) is 179 Å². The maximum atomic E-state index is 12.8. The highest BCUT2D eigenvalue weighted by Gasteiger charge is 2.19. The molecule has 0 spiro atoms. The fourth-order valence-corrected chi connectivity index (χ4v) is 7.77. The topological polar surface area (TPSA) is 78.9 Å². The van der Waals surface area contributed by atoms with Gasteiger partial charge in [0.15, 0.2) is 6.10 Å². The number of esters is 3. The monoisotopic (exact) mass is 1060 g/mol. The highest BCUT2D eigenvalue weighted by molar-refractivity contribution is 5.72. The molecule has 0 fully saturated rings. The van der Waals surface area contributed by atoms with Gasteiger partial charge in [0.1, 0.15) is 13.2 Å². The average molecular weight is 1060 g/mol. The van der Waals surface area contributed by atoms with Crippen LogP contribution in [-0.4, -0.2) is 37.2 Å². The first-order valence-electron chi connectivity index (χ1n) is 30.6. The number of carbonyl (C=O) groups excluding carboxylic acids is 3. The summed E-state index contributed by atoms with van der Waals surface area (Å²) in [5.74, 6) is -1.12. The molecule has 0 heterocycles. The van der Waals surface area contributed by atoms with Crippen molar-refractivity contribution in [1.29, 1.82) is 0 Å². The van der Waals surface area contributed by atoms with Gasteiger partial charge < -0.3 is 14.2 Å². The molecule has 0 rings (SSSR count). The quantitative estimate of drug-likeness (QED) is 0.0261. The number of allylic oxidation sites excluding steroid dienone is 27. The highest BCUT2D eigenvalue weighted by atomic mass is 16.6. The minimum absolute atomic E-state index is 0.0800. The van der Waals surface area contributed by atoms with Gasteiger partial charge in [-0.15, -0.1) is 0 Å². The number of carbonyl (C=O) groups is 3. The molecule has 0 bridgehead atoms. The average Bonchev–Trinajstić information content (AvgIpc) is 3.43. The Morgan fingerprint density at radius 3 is 0.818 bits per heavy atom. The summed E-state index contributed by atoms with van der Waals surface area (Å²) in [7, 11) is 0. The SMILES string of the molecule is CC/C=C\C/C=C\C/C=C\C/C=C\C/C=C\CCCCCCCCCCCCCCCC(=O)OCC(COC(=O)CCCC/C=C\C/C=C\C/C=C\C/C=C\CC)OC(=O)C/C=C\C/C=C\C/C=C\C/C=C\C/C=C\CC. The molecule has 0 aliphatic heterocycles. The fourth-order valence-electron chi connectivity index (χ4n) is 7.77. The van der Waals surface area contributed by atoms with Crippen LogP contribution in [0.3, 0.4) is 0 Å². The standard InChI is InChI=1S/C71H110O6/c1-4-7-10-13-16-19-22-25-28-29-30-31-32-33-34-35-36-37-38-39-40-41-44-46-49-52-55-58-61-64-70(73)76-67-68(77-71(74)65-62-59-56-53-50-47-43-27-24-21-18-15-12-9-6-3)66-75-69(72)63-60-57-54-51-48-45-42-26-23-20-17-14-11-8-5-2/h7-12,16-21,25-28,30-31,33-34,42-43,48,50-51,53,59,62,68H,4-6,13-15,22-24,29,32,35-41,44-47,49,52,54-58,60-61,63-67H2,1-3H3/b10-7-,11-8-,12-9-,19-16-,20-17-,21-18-,28-25-,31-30-,34-33-,42-26-,43-27-,51-48-,53-50-,62-59-. The van der Waals surface area contributed by atoms with E-state index >= 15 is 0 Å². The number of hydrogen-bond acceptors (Lipinski definition) is 6. The van der Waals surface area contributed by atoms with Gasteiger partial charge in [-0.3, -0.25) is 14.4 Å². The predicted octanol–water partition coefficient (Wildman–Crippen LogP) is 21.1. The third kappa shape index (κ3) is 61.5. The zero-order chi connectivity index (χ0) is 55.7. The zero-order valence-corrected chi connectivity index (χ0v) is 49.1. The molecule has 0 aromatic carbocycles. The molecule has 0 amide bonds. The zero-order valence-electron chi connectivity index (χ0n) is 49.1. The van der Waals surface area contributed by atoms with E-state index in [1.54, 1.807) is 6.08 Å². The highest BCUT2D eigenvalue weighted by Crippen LogP contribution is 2.15. The third-order valence-corrected chi connectivity index (χ3v) is 12.2. The summed E-state index contributed by atoms with van der Waals surface area (Å²) in [6, 6.07) is 0. The smallest absolute Gasteiger partial charge is 0.310 e. The number of rotatable bonds is 53. The molecule has 1 unspecified atom stereocenters. The molecule has 0 radical (unpaired) electrons. The van der Waals surface area contributed by atoms with E-state index in [4.69, 9.17) is 14.2 Å². The van der Waals surface area contributed by atoms with Crippen molar-refractivity contribution >= 4 is 17.9 Å². The Hall–Kier alpha value is -5.23. The van der Waals surface area contributed by atoms with E-state index in [9.17, 15) is 14.4 Å². The van der Waals surface area contributed by atoms with Gasteiger partial charge in [0.05, 0.1) is 6.42 Å². The van der Waals surface area contributed by atoms with Gasteiger partial charge in [-0.1, -0.05) is 262 Å². The number of hydrogen-bond donors (Lipinski definition) is 0. The molecule has 0 aromatic rings. The van der Waals surface area contributed by atoms with Crippen molar-refractivity contribution in [2.45, 2.75) is 245 Å². The maximum Gasteiger partial charge on any atom is 0.310 e. The third-order valence-electron chi connectivity index (χ3n) is 12.2. The molecule has 0 aliphatic rings. The summed E-state index contributed by atoms with van der Waals surface area (Å²) in [5.41, 5.74) is 0. The van der Waals surface area contributed by atoms with Crippen molar-refractivity contribution in [3.63, 3.8) is 0 Å². The van der Waals surface area contributed by atoms with Crippen LogP contribution in [0.15, 0.2) is 170 Å². The van der Waals surface area contributed by atoms with E-state index in [1.807, 2.05) is 6.08 Å². The molecule has 6 nitrogen and oxygen atoms in total. The summed E-state index contributed by atoms with van der Waals surface area (Å²) in [4.78, 5) is 38.1. The van der Waals surface area contributed by atoms with Gasteiger partial charge in [-0.25, -0.2) is 0 Å². The van der Waals surface area contributed by atoms with E-state index in [-0.39, 0.29) is 38.0 Å². The van der Waals surface area contributed by atoms with Crippen LogP contribution in [0, 0.1) is 0 Å². The Bertz CT molecular complexity index is 1790. The first kappa shape index (κ1) is 71.8. The summed E-state index contributed by atoms with van der Waals surface area (Å²) in [6.07, 6.45) is 93.9. The van der Waals surface area contributed by atoms with Crippen LogP contribution >= 0.6 is 0 Å². The second-order valence-corrected chi connectivity index (χ2v) is 19.5. The molecule has 0 saturated carbocycles. The predicted molar refractivity (Wildman–Crippen MR) is 334 cm³/mol. The Balaban J connectivity index is 4.40. The van der Waals surface area contributed by atoms with Crippen LogP contribution in [0.5, 0.6) is 0 Å². The van der Waals surface area contributed by atoms with Crippen molar-refractivity contribution in [3.05, 3.63) is 170 Å². The Kier molecular flexibility index (Phi) is 59.0. The maximum absolute atomic E-state index is 12.8. The van der Waals surface area contributed by atoms with Crippen molar-refractivity contribution in [2.75, 3.05) is 13.2 Å². The lowest BCUT2D eigenvalue weighted by atomic mass is 10.0. The molecule has 1 atom stereocenters. The molecule has 430 valence electrons. The Morgan fingerprint density at radius 1 is 0.273 bits per heavy atom. The van der Waals surface area contributed by atoms with Crippen LogP contribution in [-0.2, 0) is 28.6 Å². The van der Waals surface area contributed by atoms with Crippen LogP contribution in [0.1, 0.15) is 239 Å². The molecule has 0 aliphatic carbocycles. The van der Waals surface area contributed by atoms with Gasteiger partial charge in [-0.2, -0.15) is 0 Å². The molecule has 77 heavy (non-hydrogen) atoms. The van der Waals surface area contributed by atoms with Gasteiger partial charge in [0.2, 0.25) is 0 Å². The fraction of sp³-hybridized carbons (Fsp3) is 0.563. The van der Waals surface area contributed by atoms with Crippen molar-refractivity contribution in [2.24, 2.45) is 0 Å². The van der Waals surface area contributed by atoms with Crippen molar-refractivity contribution in [3.8, 4) is 0 Å². The van der Waals surface area contributed by atoms with E-state index in [1.165, 1.54) is 70.6 Å². The number of unbranched alkanes of at least 4 members (excludes halogenated alkanes) is 15. The second-order valence-electron chi connectivity index (χ2n) is 19.5. The Labute approximate surface area is 472 Å². The lowest BCUT2D eigenvalue weighted by molar-refractivity contribution is -0.166. The molecular weight excluding hydrogens is 949 g/mol. The number of ether oxygens (including phenoxy) is 3. The van der Waals surface area contributed by atoms with Gasteiger partial charge in [0, 0.05) is 12.8 Å². The summed E-state index contributed by atoms with van der Waals surface area (Å²) >= 11 is 0. The first-order valence-corrected chi connectivity index (χ1v) is 30.6. The minimum atomic E-state index is -0.859. The van der Waals surface area contributed by atoms with E-state index in [0.29, 0.717) is 19.3 Å². The van der Waals surface area contributed by atoms with Gasteiger partial charge >= 0.3 is 17.9 Å². The van der Waals surface area contributed by atoms with Crippen LogP contribution in [0.4, 0.5) is 0 Å². The van der Waals surface area contributed by atoms with Crippen LogP contribution < -0.4 is 0 Å². The van der Waals surface area contributed by atoms with Gasteiger partial charge in [-0.05, 0) is 128 Å². The van der Waals surface area contributed by atoms with Crippen LogP contribution in [0.2, 0.25) is 0 Å².